The van der Waals surface area contributed by atoms with Gasteiger partial charge in [-0.2, -0.15) is 0 Å². The Hall–Kier alpha value is -3.35. The third-order valence-corrected chi connectivity index (χ3v) is 4.90. The van der Waals surface area contributed by atoms with Crippen LogP contribution in [0.15, 0.2) is 48.7 Å². The zero-order chi connectivity index (χ0) is 21.0. The van der Waals surface area contributed by atoms with Crippen LogP contribution >= 0.6 is 0 Å². The summed E-state index contributed by atoms with van der Waals surface area (Å²) >= 11 is 0. The molecule has 0 saturated heterocycles. The number of aromatic nitrogens is 1. The van der Waals surface area contributed by atoms with E-state index in [1.807, 2.05) is 38.2 Å². The zero-order valence-electron chi connectivity index (χ0n) is 16.8. The molecule has 0 saturated carbocycles. The van der Waals surface area contributed by atoms with Gasteiger partial charge in [-0.05, 0) is 35.2 Å². The molecule has 0 aliphatic carbocycles. The van der Waals surface area contributed by atoms with Crippen LogP contribution in [0, 0.1) is 16.0 Å². The molecule has 0 unspecified atom stereocenters. The van der Waals surface area contributed by atoms with Crippen LogP contribution in [0.3, 0.4) is 0 Å². The molecule has 7 heteroatoms. The largest absolute Gasteiger partial charge is 0.497 e. The van der Waals surface area contributed by atoms with Crippen LogP contribution in [0.2, 0.25) is 0 Å². The quantitative estimate of drug-likeness (QED) is 0.437. The molecule has 7 nitrogen and oxygen atoms in total. The number of H-pyrrole nitrogens is 1. The second-order valence-corrected chi connectivity index (χ2v) is 7.46. The standard InChI is InChI=1S/C22H25N3O4/c1-14(2)12-24-22(26)11-18(15-4-6-16(7-5-15)25(27)28)20-13-23-21-9-8-17(29-3)10-19(20)21/h4-10,13-14,18,23H,11-12H2,1-3H3,(H,24,26)/t18-/m0/s1. The fourth-order valence-electron chi connectivity index (χ4n) is 3.35. The van der Waals surface area contributed by atoms with Gasteiger partial charge < -0.3 is 15.0 Å². The van der Waals surface area contributed by atoms with Gasteiger partial charge in [0.15, 0.2) is 0 Å². The lowest BCUT2D eigenvalue weighted by molar-refractivity contribution is -0.384. The number of carbonyl (C=O) groups excluding carboxylic acids is 1. The molecular weight excluding hydrogens is 370 g/mol. The number of fused-ring (bicyclic) bond motifs is 1. The van der Waals surface area contributed by atoms with Gasteiger partial charge in [0.25, 0.3) is 5.69 Å². The highest BCUT2D eigenvalue weighted by Gasteiger charge is 2.22. The number of rotatable bonds is 8. The normalized spacial score (nSPS) is 12.1. The van der Waals surface area contributed by atoms with Crippen LogP contribution < -0.4 is 10.1 Å². The Balaban J connectivity index is 2.00. The molecule has 1 heterocycles. The van der Waals surface area contributed by atoms with E-state index in [0.29, 0.717) is 12.5 Å². The van der Waals surface area contributed by atoms with Gasteiger partial charge in [-0.3, -0.25) is 14.9 Å². The van der Waals surface area contributed by atoms with Crippen molar-refractivity contribution in [3.05, 3.63) is 69.9 Å². The summed E-state index contributed by atoms with van der Waals surface area (Å²) in [7, 11) is 1.61. The van der Waals surface area contributed by atoms with E-state index in [0.717, 1.165) is 27.8 Å². The fourth-order valence-corrected chi connectivity index (χ4v) is 3.35. The molecule has 29 heavy (non-hydrogen) atoms. The van der Waals surface area contributed by atoms with Crippen molar-refractivity contribution in [3.63, 3.8) is 0 Å². The first-order valence-corrected chi connectivity index (χ1v) is 9.55. The molecule has 0 fully saturated rings. The van der Waals surface area contributed by atoms with E-state index < -0.39 is 4.92 Å². The molecule has 0 aliphatic heterocycles. The minimum atomic E-state index is -0.426. The lowest BCUT2D eigenvalue weighted by Gasteiger charge is -2.18. The number of nitrogens with one attached hydrogen (secondary N) is 2. The molecule has 1 atom stereocenters. The highest BCUT2D eigenvalue weighted by atomic mass is 16.6. The SMILES string of the molecule is COc1ccc2[nH]cc([C@@H](CC(=O)NCC(C)C)c3ccc([N+](=O)[O-])cc3)c2c1. The van der Waals surface area contributed by atoms with Gasteiger partial charge in [-0.25, -0.2) is 0 Å². The van der Waals surface area contributed by atoms with E-state index in [1.54, 1.807) is 19.2 Å². The van der Waals surface area contributed by atoms with Crippen molar-refractivity contribution in [1.29, 1.82) is 0 Å². The number of amides is 1. The molecule has 0 radical (unpaired) electrons. The molecule has 0 aliphatic rings. The zero-order valence-corrected chi connectivity index (χ0v) is 16.8. The van der Waals surface area contributed by atoms with Crippen molar-refractivity contribution in [2.75, 3.05) is 13.7 Å². The maximum absolute atomic E-state index is 12.6. The second kappa shape index (κ2) is 8.77. The molecule has 152 valence electrons. The van der Waals surface area contributed by atoms with Crippen molar-refractivity contribution < 1.29 is 14.5 Å². The van der Waals surface area contributed by atoms with Gasteiger partial charge in [0.05, 0.1) is 12.0 Å². The Labute approximate surface area is 169 Å². The molecule has 2 N–H and O–H groups in total. The van der Waals surface area contributed by atoms with Crippen LogP contribution in [0.25, 0.3) is 10.9 Å². The van der Waals surface area contributed by atoms with Gasteiger partial charge in [-0.15, -0.1) is 0 Å². The fraction of sp³-hybridized carbons (Fsp3) is 0.318. The maximum Gasteiger partial charge on any atom is 0.269 e. The molecule has 1 aromatic heterocycles. The van der Waals surface area contributed by atoms with Gasteiger partial charge in [-0.1, -0.05) is 26.0 Å². The smallest absolute Gasteiger partial charge is 0.269 e. The number of nitro groups is 1. The summed E-state index contributed by atoms with van der Waals surface area (Å²) in [6.45, 7) is 4.69. The molecule has 1 amide bonds. The molecule has 0 spiro atoms. The van der Waals surface area contributed by atoms with Gasteiger partial charge in [0.2, 0.25) is 5.91 Å². The van der Waals surface area contributed by atoms with E-state index >= 15 is 0 Å². The lowest BCUT2D eigenvalue weighted by atomic mass is 9.87. The van der Waals surface area contributed by atoms with E-state index in [2.05, 4.69) is 10.3 Å². The summed E-state index contributed by atoms with van der Waals surface area (Å²) in [5.41, 5.74) is 2.76. The van der Waals surface area contributed by atoms with Crippen molar-refractivity contribution in [1.82, 2.24) is 10.3 Å². The average molecular weight is 395 g/mol. The number of benzene rings is 2. The first-order valence-electron chi connectivity index (χ1n) is 9.55. The first-order chi connectivity index (χ1) is 13.9. The first kappa shape index (κ1) is 20.4. The van der Waals surface area contributed by atoms with Crippen LogP contribution in [-0.4, -0.2) is 29.5 Å². The van der Waals surface area contributed by atoms with Crippen molar-refractivity contribution >= 4 is 22.5 Å². The molecule has 0 bridgehead atoms. The molecule has 3 aromatic rings. The molecule has 2 aromatic carbocycles. The number of non-ortho nitro benzene ring substituents is 1. The highest BCUT2D eigenvalue weighted by Crippen LogP contribution is 2.35. The number of ether oxygens (including phenoxy) is 1. The molecule has 3 rings (SSSR count). The predicted octanol–water partition coefficient (Wildman–Crippen LogP) is 4.38. The Kier molecular flexibility index (Phi) is 6.16. The number of methoxy groups -OCH3 is 1. The predicted molar refractivity (Wildman–Crippen MR) is 112 cm³/mol. The van der Waals surface area contributed by atoms with E-state index in [1.165, 1.54) is 12.1 Å². The van der Waals surface area contributed by atoms with E-state index in [-0.39, 0.29) is 23.9 Å². The van der Waals surface area contributed by atoms with Crippen LogP contribution in [0.5, 0.6) is 5.75 Å². The summed E-state index contributed by atoms with van der Waals surface area (Å²) in [6, 6.07) is 12.1. The van der Waals surface area contributed by atoms with E-state index in [4.69, 9.17) is 4.74 Å². The summed E-state index contributed by atoms with van der Waals surface area (Å²) < 4.78 is 5.35. The number of nitrogens with zero attached hydrogens (tertiary/aromatic N) is 1. The summed E-state index contributed by atoms with van der Waals surface area (Å²) in [5, 5.41) is 14.9. The Morgan fingerprint density at radius 3 is 2.55 bits per heavy atom. The number of nitro benzene ring substituents is 1. The third-order valence-electron chi connectivity index (χ3n) is 4.90. The summed E-state index contributed by atoms with van der Waals surface area (Å²) in [4.78, 5) is 26.4. The monoisotopic (exact) mass is 395 g/mol. The average Bonchev–Trinajstić information content (AvgIpc) is 3.13. The maximum atomic E-state index is 12.6. The van der Waals surface area contributed by atoms with Crippen LogP contribution in [0.1, 0.15) is 37.3 Å². The Bertz CT molecular complexity index is 1010. The summed E-state index contributed by atoms with van der Waals surface area (Å²) in [5.74, 6) is 0.780. The third kappa shape index (κ3) is 4.74. The topological polar surface area (TPSA) is 97.3 Å². The second-order valence-electron chi connectivity index (χ2n) is 7.46. The number of aromatic amines is 1. The van der Waals surface area contributed by atoms with Crippen molar-refractivity contribution in [3.8, 4) is 5.75 Å². The molecular formula is C22H25N3O4. The lowest BCUT2D eigenvalue weighted by Crippen LogP contribution is -2.28. The minimum Gasteiger partial charge on any atom is -0.497 e. The minimum absolute atomic E-state index is 0.0253. The van der Waals surface area contributed by atoms with E-state index in [9.17, 15) is 14.9 Å². The summed E-state index contributed by atoms with van der Waals surface area (Å²) in [6.07, 6.45) is 2.14. The van der Waals surface area contributed by atoms with Crippen molar-refractivity contribution in [2.45, 2.75) is 26.2 Å². The van der Waals surface area contributed by atoms with Gasteiger partial charge >= 0.3 is 0 Å². The number of hydrogen-bond acceptors (Lipinski definition) is 4. The van der Waals surface area contributed by atoms with Crippen molar-refractivity contribution in [2.24, 2.45) is 5.92 Å². The van der Waals surface area contributed by atoms with Gasteiger partial charge in [0, 0.05) is 48.1 Å². The van der Waals surface area contributed by atoms with Crippen LogP contribution in [0.4, 0.5) is 5.69 Å². The highest BCUT2D eigenvalue weighted by molar-refractivity contribution is 5.87. The number of carbonyl (C=O) groups is 1. The van der Waals surface area contributed by atoms with Crippen LogP contribution in [-0.2, 0) is 4.79 Å². The Morgan fingerprint density at radius 1 is 1.21 bits per heavy atom. The van der Waals surface area contributed by atoms with Gasteiger partial charge in [0.1, 0.15) is 5.75 Å². The Morgan fingerprint density at radius 2 is 1.93 bits per heavy atom. The number of hydrogen-bond donors (Lipinski definition) is 2.